The van der Waals surface area contributed by atoms with E-state index < -0.39 is 11.9 Å². The van der Waals surface area contributed by atoms with Gasteiger partial charge in [0, 0.05) is 18.4 Å². The summed E-state index contributed by atoms with van der Waals surface area (Å²) in [6.07, 6.45) is 1.28. The molecule has 0 unspecified atom stereocenters. The molecule has 0 aliphatic heterocycles. The van der Waals surface area contributed by atoms with Crippen LogP contribution < -0.4 is 4.90 Å². The van der Waals surface area contributed by atoms with Crippen molar-refractivity contribution in [3.63, 3.8) is 0 Å². The van der Waals surface area contributed by atoms with Crippen molar-refractivity contribution < 1.29 is 13.6 Å². The molecule has 2 rings (SSSR count). The van der Waals surface area contributed by atoms with Crippen LogP contribution in [0.1, 0.15) is 17.3 Å². The molecule has 0 saturated heterocycles. The average Bonchev–Trinajstić information content (AvgIpc) is 2.42. The molecular weight excluding hydrogens is 250 g/mol. The van der Waals surface area contributed by atoms with Crippen molar-refractivity contribution in [1.29, 1.82) is 0 Å². The molecule has 0 fully saturated rings. The molecule has 19 heavy (non-hydrogen) atoms. The molecule has 0 N–H and O–H groups in total. The third-order valence-electron chi connectivity index (χ3n) is 2.69. The number of pyridine rings is 1. The second kappa shape index (κ2) is 5.56. The van der Waals surface area contributed by atoms with Crippen molar-refractivity contribution in [1.82, 2.24) is 4.98 Å². The number of carbonyl (C=O) groups is 1. The molecule has 0 aliphatic carbocycles. The van der Waals surface area contributed by atoms with E-state index in [1.807, 2.05) is 0 Å². The van der Waals surface area contributed by atoms with Gasteiger partial charge in [-0.2, -0.15) is 4.39 Å². The van der Waals surface area contributed by atoms with Gasteiger partial charge in [-0.05, 0) is 43.3 Å². The maximum absolute atomic E-state index is 13.5. The van der Waals surface area contributed by atoms with Crippen molar-refractivity contribution in [3.05, 3.63) is 59.9 Å². The molecule has 98 valence electrons. The van der Waals surface area contributed by atoms with Gasteiger partial charge in [0.05, 0.1) is 5.56 Å². The first-order valence-corrected chi connectivity index (χ1v) is 5.81. The number of nitrogens with zero attached hydrogens (tertiary/aromatic N) is 2. The van der Waals surface area contributed by atoms with E-state index in [-0.39, 0.29) is 11.4 Å². The van der Waals surface area contributed by atoms with Crippen LogP contribution in [0.2, 0.25) is 0 Å². The Labute approximate surface area is 109 Å². The van der Waals surface area contributed by atoms with Gasteiger partial charge in [0.15, 0.2) is 0 Å². The summed E-state index contributed by atoms with van der Waals surface area (Å²) in [5.41, 5.74) is 0.408. The number of amides is 1. The zero-order valence-corrected chi connectivity index (χ0v) is 10.3. The number of halogens is 2. The van der Waals surface area contributed by atoms with Crippen LogP contribution >= 0.6 is 0 Å². The summed E-state index contributed by atoms with van der Waals surface area (Å²) in [5.74, 6) is -1.70. The van der Waals surface area contributed by atoms with Crippen LogP contribution in [0.4, 0.5) is 14.5 Å². The van der Waals surface area contributed by atoms with E-state index in [0.717, 1.165) is 0 Å². The molecular formula is C14H12F2N2O. The van der Waals surface area contributed by atoms with E-state index in [9.17, 15) is 13.6 Å². The van der Waals surface area contributed by atoms with Crippen LogP contribution in [0.15, 0.2) is 42.6 Å². The van der Waals surface area contributed by atoms with Gasteiger partial charge < -0.3 is 4.90 Å². The Morgan fingerprint density at radius 1 is 1.21 bits per heavy atom. The predicted octanol–water partition coefficient (Wildman–Crippen LogP) is 3.03. The molecule has 0 saturated carbocycles. The van der Waals surface area contributed by atoms with Gasteiger partial charge in [-0.25, -0.2) is 9.37 Å². The molecule has 0 radical (unpaired) electrons. The van der Waals surface area contributed by atoms with Gasteiger partial charge in [-0.1, -0.05) is 0 Å². The molecule has 5 heteroatoms. The minimum atomic E-state index is -0.812. The zero-order chi connectivity index (χ0) is 13.8. The minimum Gasteiger partial charge on any atom is -0.309 e. The molecule has 0 spiro atoms. The molecule has 1 aromatic carbocycles. The Kier molecular flexibility index (Phi) is 3.85. The number of hydrogen-bond acceptors (Lipinski definition) is 2. The first kappa shape index (κ1) is 13.1. The lowest BCUT2D eigenvalue weighted by atomic mass is 10.2. The summed E-state index contributed by atoms with van der Waals surface area (Å²) < 4.78 is 26.4. The Morgan fingerprint density at radius 2 is 1.89 bits per heavy atom. The van der Waals surface area contributed by atoms with Crippen molar-refractivity contribution in [2.24, 2.45) is 0 Å². The highest BCUT2D eigenvalue weighted by Crippen LogP contribution is 2.18. The third-order valence-corrected chi connectivity index (χ3v) is 2.69. The zero-order valence-electron chi connectivity index (χ0n) is 10.3. The first-order chi connectivity index (χ1) is 9.13. The highest BCUT2D eigenvalue weighted by Gasteiger charge is 2.19. The summed E-state index contributed by atoms with van der Waals surface area (Å²) >= 11 is 0. The van der Waals surface area contributed by atoms with Crippen LogP contribution in [0.5, 0.6) is 0 Å². The van der Waals surface area contributed by atoms with Gasteiger partial charge in [-0.3, -0.25) is 4.79 Å². The van der Waals surface area contributed by atoms with Crippen LogP contribution in [0.3, 0.4) is 0 Å². The Bertz CT molecular complexity index is 584. The fourth-order valence-corrected chi connectivity index (χ4v) is 1.76. The molecule has 1 aromatic heterocycles. The fourth-order valence-electron chi connectivity index (χ4n) is 1.76. The van der Waals surface area contributed by atoms with E-state index in [1.54, 1.807) is 6.92 Å². The highest BCUT2D eigenvalue weighted by molar-refractivity contribution is 6.06. The van der Waals surface area contributed by atoms with Gasteiger partial charge in [0.25, 0.3) is 5.91 Å². The first-order valence-electron chi connectivity index (χ1n) is 5.81. The average molecular weight is 262 g/mol. The third kappa shape index (κ3) is 2.76. The van der Waals surface area contributed by atoms with Gasteiger partial charge in [-0.15, -0.1) is 0 Å². The van der Waals surface area contributed by atoms with Crippen LogP contribution in [-0.4, -0.2) is 17.4 Å². The van der Waals surface area contributed by atoms with Gasteiger partial charge in [0.2, 0.25) is 5.95 Å². The lowest BCUT2D eigenvalue weighted by molar-refractivity contribution is 0.0983. The van der Waals surface area contributed by atoms with E-state index in [1.165, 1.54) is 47.5 Å². The van der Waals surface area contributed by atoms with Crippen molar-refractivity contribution in [2.75, 3.05) is 11.4 Å². The van der Waals surface area contributed by atoms with Crippen LogP contribution in [-0.2, 0) is 0 Å². The number of benzene rings is 1. The van der Waals surface area contributed by atoms with E-state index in [4.69, 9.17) is 0 Å². The molecule has 0 aliphatic rings. The monoisotopic (exact) mass is 262 g/mol. The van der Waals surface area contributed by atoms with Crippen LogP contribution in [0.25, 0.3) is 0 Å². The maximum atomic E-state index is 13.5. The Morgan fingerprint density at radius 3 is 2.47 bits per heavy atom. The lowest BCUT2D eigenvalue weighted by Crippen LogP contribution is -2.31. The Hall–Kier alpha value is -2.30. The highest BCUT2D eigenvalue weighted by atomic mass is 19.1. The largest absolute Gasteiger partial charge is 0.309 e. The fraction of sp³-hybridized carbons (Fsp3) is 0.143. The second-order valence-electron chi connectivity index (χ2n) is 3.87. The summed E-state index contributed by atoms with van der Waals surface area (Å²) in [6, 6.07) is 8.33. The molecule has 1 amide bonds. The molecule has 2 aromatic rings. The Balaban J connectivity index is 2.35. The summed E-state index contributed by atoms with van der Waals surface area (Å²) in [5, 5.41) is 0. The summed E-state index contributed by atoms with van der Waals surface area (Å²) in [4.78, 5) is 17.0. The number of aromatic nitrogens is 1. The molecule has 0 atom stereocenters. The van der Waals surface area contributed by atoms with Crippen molar-refractivity contribution in [2.45, 2.75) is 6.92 Å². The molecule has 1 heterocycles. The number of rotatable bonds is 3. The number of carbonyl (C=O) groups excluding carboxylic acids is 1. The topological polar surface area (TPSA) is 33.2 Å². The van der Waals surface area contributed by atoms with Crippen molar-refractivity contribution >= 4 is 11.6 Å². The van der Waals surface area contributed by atoms with Gasteiger partial charge in [0.1, 0.15) is 5.82 Å². The van der Waals surface area contributed by atoms with Gasteiger partial charge >= 0.3 is 0 Å². The lowest BCUT2D eigenvalue weighted by Gasteiger charge is -2.21. The summed E-state index contributed by atoms with van der Waals surface area (Å²) in [6.45, 7) is 2.11. The van der Waals surface area contributed by atoms with Crippen molar-refractivity contribution in [3.8, 4) is 0 Å². The smallest absolute Gasteiger partial charge is 0.262 e. The number of anilines is 1. The second-order valence-corrected chi connectivity index (χ2v) is 3.87. The van der Waals surface area contributed by atoms with E-state index >= 15 is 0 Å². The van der Waals surface area contributed by atoms with E-state index in [2.05, 4.69) is 4.98 Å². The predicted molar refractivity (Wildman–Crippen MR) is 67.9 cm³/mol. The molecule has 0 bridgehead atoms. The SMILES string of the molecule is CCN(C(=O)c1cccnc1F)c1ccc(F)cc1. The van der Waals surface area contributed by atoms with E-state index in [0.29, 0.717) is 12.2 Å². The standard InChI is InChI=1S/C14H12F2N2O/c1-2-18(11-7-5-10(15)6-8-11)14(19)12-4-3-9-17-13(12)16/h3-9H,2H2,1H3. The molecule has 3 nitrogen and oxygen atoms in total. The minimum absolute atomic E-state index is 0.103. The van der Waals surface area contributed by atoms with Crippen LogP contribution in [0, 0.1) is 11.8 Å². The normalized spacial score (nSPS) is 10.3. The quantitative estimate of drug-likeness (QED) is 0.796. The number of hydrogen-bond donors (Lipinski definition) is 0. The maximum Gasteiger partial charge on any atom is 0.262 e. The summed E-state index contributed by atoms with van der Waals surface area (Å²) in [7, 11) is 0.